The van der Waals surface area contributed by atoms with E-state index in [4.69, 9.17) is 4.74 Å². The lowest BCUT2D eigenvalue weighted by molar-refractivity contribution is -0.304. The maximum Gasteiger partial charge on any atom is 0.123 e. The number of carboxylic acids is 1. The van der Waals surface area contributed by atoms with E-state index in [-0.39, 0.29) is 6.42 Å². The van der Waals surface area contributed by atoms with E-state index in [1.807, 2.05) is 24.3 Å². The van der Waals surface area contributed by atoms with Crippen molar-refractivity contribution in [1.29, 1.82) is 0 Å². The van der Waals surface area contributed by atoms with Gasteiger partial charge in [0.25, 0.3) is 0 Å². The molecule has 24 heavy (non-hydrogen) atoms. The summed E-state index contributed by atoms with van der Waals surface area (Å²) >= 11 is 1.42. The van der Waals surface area contributed by atoms with Crippen molar-refractivity contribution in [3.63, 3.8) is 0 Å². The maximum absolute atomic E-state index is 10.6. The van der Waals surface area contributed by atoms with Crippen LogP contribution in [0.25, 0.3) is 10.6 Å². The van der Waals surface area contributed by atoms with Gasteiger partial charge in [-0.2, -0.15) is 0 Å². The van der Waals surface area contributed by atoms with Crippen molar-refractivity contribution in [2.45, 2.75) is 20.0 Å². The summed E-state index contributed by atoms with van der Waals surface area (Å²) < 4.78 is 5.78. The molecule has 0 aliphatic rings. The number of carbonyl (C=O) groups excluding carboxylic acids is 1. The van der Waals surface area contributed by atoms with Crippen LogP contribution in [0.2, 0.25) is 0 Å². The average Bonchev–Trinajstić information content (AvgIpc) is 3.02. The van der Waals surface area contributed by atoms with Crippen molar-refractivity contribution in [2.24, 2.45) is 0 Å². The van der Waals surface area contributed by atoms with Gasteiger partial charge in [0, 0.05) is 23.3 Å². The largest absolute Gasteiger partial charge is 0.550 e. The summed E-state index contributed by atoms with van der Waals surface area (Å²) in [5.41, 5.74) is 3.81. The average molecular weight is 338 g/mol. The second-order valence-corrected chi connectivity index (χ2v) is 6.35. The van der Waals surface area contributed by atoms with Gasteiger partial charge in [-0.15, -0.1) is 11.3 Å². The van der Waals surface area contributed by atoms with Crippen molar-refractivity contribution in [3.8, 4) is 16.3 Å². The predicted octanol–water partition coefficient (Wildman–Crippen LogP) is 2.99. The highest BCUT2D eigenvalue weighted by atomic mass is 32.1. The lowest BCUT2D eigenvalue weighted by Crippen LogP contribution is -2.24. The highest BCUT2D eigenvalue weighted by Gasteiger charge is 2.05. The third kappa shape index (κ3) is 4.20. The molecule has 0 unspecified atom stereocenters. The molecule has 0 spiro atoms. The van der Waals surface area contributed by atoms with Gasteiger partial charge >= 0.3 is 0 Å². The number of carbonyl (C=O) groups is 1. The lowest BCUT2D eigenvalue weighted by atomic mass is 10.2. The molecule has 0 bridgehead atoms. The monoisotopic (exact) mass is 338 g/mol. The van der Waals surface area contributed by atoms with Crippen LogP contribution in [-0.2, 0) is 17.8 Å². The van der Waals surface area contributed by atoms with Crippen LogP contribution in [0.15, 0.2) is 53.9 Å². The van der Waals surface area contributed by atoms with Crippen LogP contribution in [0.3, 0.4) is 0 Å². The smallest absolute Gasteiger partial charge is 0.123 e. The number of aliphatic carboxylic acids is 1. The molecule has 2 aromatic carbocycles. The van der Waals surface area contributed by atoms with Crippen LogP contribution in [0.1, 0.15) is 16.8 Å². The summed E-state index contributed by atoms with van der Waals surface area (Å²) in [6.07, 6.45) is -0.158. The van der Waals surface area contributed by atoms with E-state index >= 15 is 0 Å². The molecule has 0 radical (unpaired) electrons. The molecule has 5 heteroatoms. The van der Waals surface area contributed by atoms with Crippen LogP contribution in [-0.4, -0.2) is 11.0 Å². The molecule has 0 saturated carbocycles. The minimum atomic E-state index is -1.12. The molecule has 0 atom stereocenters. The Morgan fingerprint density at radius 2 is 1.83 bits per heavy atom. The van der Waals surface area contributed by atoms with E-state index in [9.17, 15) is 9.90 Å². The number of rotatable bonds is 6. The summed E-state index contributed by atoms with van der Waals surface area (Å²) in [7, 11) is 0. The molecule has 0 fully saturated rings. The van der Waals surface area contributed by atoms with Gasteiger partial charge in [-0.25, -0.2) is 4.98 Å². The highest BCUT2D eigenvalue weighted by molar-refractivity contribution is 7.13. The molecule has 0 saturated heterocycles. The summed E-state index contributed by atoms with van der Waals surface area (Å²) in [6, 6.07) is 15.9. The van der Waals surface area contributed by atoms with Crippen LogP contribution >= 0.6 is 11.3 Å². The first-order chi connectivity index (χ1) is 11.6. The number of nitrogens with zero attached hydrogens (tertiary/aromatic N) is 1. The first-order valence-corrected chi connectivity index (χ1v) is 8.41. The van der Waals surface area contributed by atoms with Crippen LogP contribution in [0, 0.1) is 6.92 Å². The molecule has 122 valence electrons. The Morgan fingerprint density at radius 3 is 2.50 bits per heavy atom. The molecule has 1 aromatic heterocycles. The van der Waals surface area contributed by atoms with E-state index in [1.54, 1.807) is 5.38 Å². The van der Waals surface area contributed by atoms with Crippen LogP contribution in [0.5, 0.6) is 5.75 Å². The first kappa shape index (κ1) is 16.2. The number of aromatic nitrogens is 1. The van der Waals surface area contributed by atoms with Crippen molar-refractivity contribution in [3.05, 3.63) is 70.7 Å². The number of aryl methyl sites for hydroxylation is 1. The zero-order chi connectivity index (χ0) is 16.9. The van der Waals surface area contributed by atoms with E-state index < -0.39 is 5.97 Å². The molecule has 1 heterocycles. The Hall–Kier alpha value is -2.66. The van der Waals surface area contributed by atoms with E-state index in [1.165, 1.54) is 16.9 Å². The van der Waals surface area contributed by atoms with Crippen molar-refractivity contribution < 1.29 is 14.6 Å². The summed E-state index contributed by atoms with van der Waals surface area (Å²) in [4.78, 5) is 14.9. The molecule has 3 aromatic rings. The second kappa shape index (κ2) is 7.27. The van der Waals surface area contributed by atoms with Gasteiger partial charge in [-0.05, 0) is 36.8 Å². The van der Waals surface area contributed by atoms with Gasteiger partial charge in [0.1, 0.15) is 17.4 Å². The quantitative estimate of drug-likeness (QED) is 0.693. The lowest BCUT2D eigenvalue weighted by Gasteiger charge is -2.07. The fraction of sp³-hybridized carbons (Fsp3) is 0.158. The van der Waals surface area contributed by atoms with Gasteiger partial charge in [0.2, 0.25) is 0 Å². The Labute approximate surface area is 144 Å². The highest BCUT2D eigenvalue weighted by Crippen LogP contribution is 2.26. The fourth-order valence-electron chi connectivity index (χ4n) is 2.21. The number of thiazole rings is 1. The van der Waals surface area contributed by atoms with E-state index in [0.29, 0.717) is 12.3 Å². The summed E-state index contributed by atoms with van der Waals surface area (Å²) in [5, 5.41) is 13.1. The first-order valence-electron chi connectivity index (χ1n) is 7.53. The van der Waals surface area contributed by atoms with Gasteiger partial charge in [-0.1, -0.05) is 29.8 Å². The van der Waals surface area contributed by atoms with Gasteiger partial charge < -0.3 is 14.6 Å². The zero-order valence-corrected chi connectivity index (χ0v) is 14.0. The molecular formula is C19H16NO3S-. The number of ether oxygens (including phenoxy) is 1. The molecule has 0 N–H and O–H groups in total. The second-order valence-electron chi connectivity index (χ2n) is 5.49. The van der Waals surface area contributed by atoms with Gasteiger partial charge in [0.05, 0.1) is 5.69 Å². The number of carboxylic acid groups (broad SMARTS) is 1. The standard InChI is InChI=1S/C19H17NO3S/c1-13-2-4-14(5-3-13)11-23-17-8-6-15(7-9-17)19-20-16(12-24-19)10-18(21)22/h2-9,12H,10-11H2,1H3,(H,21,22)/p-1. The minimum absolute atomic E-state index is 0.158. The Bertz CT molecular complexity index is 823. The molecule has 4 nitrogen and oxygen atoms in total. The van der Waals surface area contributed by atoms with Crippen LogP contribution < -0.4 is 9.84 Å². The van der Waals surface area contributed by atoms with E-state index in [0.717, 1.165) is 21.9 Å². The molecule has 0 aliphatic carbocycles. The van der Waals surface area contributed by atoms with Crippen molar-refractivity contribution in [2.75, 3.05) is 0 Å². The topological polar surface area (TPSA) is 62.2 Å². The number of benzene rings is 2. The van der Waals surface area contributed by atoms with Gasteiger partial charge in [0.15, 0.2) is 0 Å². The predicted molar refractivity (Wildman–Crippen MR) is 91.8 cm³/mol. The third-order valence-electron chi connectivity index (χ3n) is 3.50. The fourth-order valence-corrected chi connectivity index (χ4v) is 3.04. The van der Waals surface area contributed by atoms with Gasteiger partial charge in [-0.3, -0.25) is 0 Å². The number of hydrogen-bond donors (Lipinski definition) is 0. The zero-order valence-electron chi connectivity index (χ0n) is 13.2. The Morgan fingerprint density at radius 1 is 1.12 bits per heavy atom. The summed E-state index contributed by atoms with van der Waals surface area (Å²) in [6.45, 7) is 2.58. The maximum atomic E-state index is 10.6. The molecule has 0 aliphatic heterocycles. The summed E-state index contributed by atoms with van der Waals surface area (Å²) in [5.74, 6) is -0.336. The number of hydrogen-bond acceptors (Lipinski definition) is 5. The SMILES string of the molecule is Cc1ccc(COc2ccc(-c3nc(CC(=O)[O-])cs3)cc2)cc1. The third-order valence-corrected chi connectivity index (χ3v) is 4.44. The van der Waals surface area contributed by atoms with E-state index in [2.05, 4.69) is 36.2 Å². The molecule has 0 amide bonds. The normalized spacial score (nSPS) is 10.5. The Kier molecular flexibility index (Phi) is 4.91. The van der Waals surface area contributed by atoms with Crippen LogP contribution in [0.4, 0.5) is 0 Å². The van der Waals surface area contributed by atoms with Crippen molar-refractivity contribution >= 4 is 17.3 Å². The molecule has 3 rings (SSSR count). The van der Waals surface area contributed by atoms with Crippen molar-refractivity contribution in [1.82, 2.24) is 4.98 Å². The molecular weight excluding hydrogens is 322 g/mol. The minimum Gasteiger partial charge on any atom is -0.550 e. The Balaban J connectivity index is 1.63.